The lowest BCUT2D eigenvalue weighted by Crippen LogP contribution is -2.20. The highest BCUT2D eigenvalue weighted by Gasteiger charge is 2.14. The number of phenolic OH excluding ortho intramolecular Hbond substituents is 1. The molecule has 1 rings (SSSR count). The van der Waals surface area contributed by atoms with Crippen LogP contribution in [0.1, 0.15) is 11.6 Å². The van der Waals surface area contributed by atoms with Gasteiger partial charge < -0.3 is 16.6 Å². The van der Waals surface area contributed by atoms with E-state index in [4.69, 9.17) is 11.5 Å². The molecular weight excluding hydrogens is 186 g/mol. The highest BCUT2D eigenvalue weighted by molar-refractivity contribution is 5.44. The van der Waals surface area contributed by atoms with Crippen molar-refractivity contribution in [2.24, 2.45) is 11.5 Å². The van der Waals surface area contributed by atoms with Crippen molar-refractivity contribution in [2.45, 2.75) is 6.04 Å². The maximum atomic E-state index is 10.4. The smallest absolute Gasteiger partial charge is 0.270 e. The first-order chi connectivity index (χ1) is 6.56. The minimum absolute atomic E-state index is 0.0754. The van der Waals surface area contributed by atoms with Crippen LogP contribution in [-0.4, -0.2) is 16.6 Å². The van der Waals surface area contributed by atoms with E-state index in [2.05, 4.69) is 0 Å². The fourth-order valence-corrected chi connectivity index (χ4v) is 1.08. The maximum Gasteiger partial charge on any atom is 0.270 e. The van der Waals surface area contributed by atoms with Crippen LogP contribution >= 0.6 is 0 Å². The Morgan fingerprint density at radius 2 is 2.21 bits per heavy atom. The van der Waals surface area contributed by atoms with Crippen LogP contribution in [0.25, 0.3) is 0 Å². The quantitative estimate of drug-likeness (QED) is 0.474. The highest BCUT2D eigenvalue weighted by Crippen LogP contribution is 2.26. The van der Waals surface area contributed by atoms with Crippen LogP contribution in [0.2, 0.25) is 0 Å². The fraction of sp³-hybridized carbons (Fsp3) is 0.250. The van der Waals surface area contributed by atoms with Gasteiger partial charge in [0, 0.05) is 30.3 Å². The van der Waals surface area contributed by atoms with Gasteiger partial charge in [0.15, 0.2) is 0 Å². The van der Waals surface area contributed by atoms with E-state index < -0.39 is 11.0 Å². The summed E-state index contributed by atoms with van der Waals surface area (Å²) in [5.41, 5.74) is 11.0. The molecule has 0 radical (unpaired) electrons. The van der Waals surface area contributed by atoms with Crippen LogP contribution in [0.5, 0.6) is 5.75 Å². The number of nitro benzene ring substituents is 1. The summed E-state index contributed by atoms with van der Waals surface area (Å²) < 4.78 is 0. The van der Waals surface area contributed by atoms with Gasteiger partial charge in [-0.2, -0.15) is 0 Å². The molecule has 1 aromatic carbocycles. The molecule has 0 amide bonds. The van der Waals surface area contributed by atoms with Gasteiger partial charge in [-0.15, -0.1) is 0 Å². The number of nitrogens with zero attached hydrogens (tertiary/aromatic N) is 1. The third-order valence-electron chi connectivity index (χ3n) is 1.88. The van der Waals surface area contributed by atoms with Crippen molar-refractivity contribution in [3.8, 4) is 5.75 Å². The summed E-state index contributed by atoms with van der Waals surface area (Å²) in [6.07, 6.45) is 0. The molecule has 0 aliphatic heterocycles. The number of non-ortho nitro benzene ring substituents is 1. The molecule has 1 unspecified atom stereocenters. The van der Waals surface area contributed by atoms with Crippen molar-refractivity contribution < 1.29 is 10.0 Å². The predicted octanol–water partition coefficient (Wildman–Crippen LogP) is 0.259. The van der Waals surface area contributed by atoms with Crippen LogP contribution in [-0.2, 0) is 0 Å². The first kappa shape index (κ1) is 10.4. The van der Waals surface area contributed by atoms with Crippen molar-refractivity contribution >= 4 is 5.69 Å². The Kier molecular flexibility index (Phi) is 3.00. The van der Waals surface area contributed by atoms with E-state index in [-0.39, 0.29) is 18.0 Å². The standard InChI is InChI=1S/C8H11N3O3/c9-4-7(10)6-3-5(11(13)14)1-2-8(6)12/h1-3,7,12H,4,9-10H2. The van der Waals surface area contributed by atoms with Crippen LogP contribution in [0.3, 0.4) is 0 Å². The van der Waals surface area contributed by atoms with Gasteiger partial charge in [0.25, 0.3) is 5.69 Å². The molecule has 0 aliphatic carbocycles. The van der Waals surface area contributed by atoms with E-state index >= 15 is 0 Å². The Morgan fingerprint density at radius 3 is 2.71 bits per heavy atom. The Hall–Kier alpha value is -1.66. The van der Waals surface area contributed by atoms with Crippen molar-refractivity contribution in [3.05, 3.63) is 33.9 Å². The van der Waals surface area contributed by atoms with Crippen LogP contribution in [0.15, 0.2) is 18.2 Å². The first-order valence-electron chi connectivity index (χ1n) is 3.99. The van der Waals surface area contributed by atoms with Gasteiger partial charge >= 0.3 is 0 Å². The van der Waals surface area contributed by atoms with Crippen molar-refractivity contribution in [2.75, 3.05) is 6.54 Å². The van der Waals surface area contributed by atoms with E-state index in [0.29, 0.717) is 5.56 Å². The van der Waals surface area contributed by atoms with Gasteiger partial charge in [0.1, 0.15) is 5.75 Å². The minimum Gasteiger partial charge on any atom is -0.508 e. The van der Waals surface area contributed by atoms with Crippen molar-refractivity contribution in [1.82, 2.24) is 0 Å². The van der Waals surface area contributed by atoms with Gasteiger partial charge in [-0.3, -0.25) is 10.1 Å². The number of nitro groups is 1. The zero-order valence-electron chi connectivity index (χ0n) is 7.38. The zero-order valence-corrected chi connectivity index (χ0v) is 7.38. The molecule has 6 nitrogen and oxygen atoms in total. The van der Waals surface area contributed by atoms with E-state index in [1.54, 1.807) is 0 Å². The minimum atomic E-state index is -0.588. The number of phenols is 1. The largest absolute Gasteiger partial charge is 0.508 e. The molecule has 6 heteroatoms. The van der Waals surface area contributed by atoms with Crippen molar-refractivity contribution in [1.29, 1.82) is 0 Å². The number of hydrogen-bond donors (Lipinski definition) is 3. The van der Waals surface area contributed by atoms with Gasteiger partial charge in [-0.25, -0.2) is 0 Å². The summed E-state index contributed by atoms with van der Waals surface area (Å²) in [6.45, 7) is 0.120. The van der Waals surface area contributed by atoms with Gasteiger partial charge in [-0.1, -0.05) is 0 Å². The summed E-state index contributed by atoms with van der Waals surface area (Å²) >= 11 is 0. The van der Waals surface area contributed by atoms with Crippen LogP contribution in [0, 0.1) is 10.1 Å². The summed E-state index contributed by atoms with van der Waals surface area (Å²) in [5, 5.41) is 19.8. The lowest BCUT2D eigenvalue weighted by Gasteiger charge is -2.10. The second-order valence-electron chi connectivity index (χ2n) is 2.84. The second-order valence-corrected chi connectivity index (χ2v) is 2.84. The molecule has 0 saturated carbocycles. The maximum absolute atomic E-state index is 10.4. The normalized spacial score (nSPS) is 12.4. The molecule has 1 aromatic rings. The molecule has 76 valence electrons. The third-order valence-corrected chi connectivity index (χ3v) is 1.88. The molecular formula is C8H11N3O3. The SMILES string of the molecule is NCC(N)c1cc([N+](=O)[O-])ccc1O. The van der Waals surface area contributed by atoms with E-state index in [9.17, 15) is 15.2 Å². The van der Waals surface area contributed by atoms with E-state index in [1.807, 2.05) is 0 Å². The highest BCUT2D eigenvalue weighted by atomic mass is 16.6. The number of aromatic hydroxyl groups is 1. The number of benzene rings is 1. The average molecular weight is 197 g/mol. The Morgan fingerprint density at radius 1 is 1.57 bits per heavy atom. The van der Waals surface area contributed by atoms with E-state index in [0.717, 1.165) is 0 Å². The van der Waals surface area contributed by atoms with Crippen LogP contribution in [0.4, 0.5) is 5.69 Å². The first-order valence-corrected chi connectivity index (χ1v) is 3.99. The predicted molar refractivity (Wildman–Crippen MR) is 50.7 cm³/mol. The summed E-state index contributed by atoms with van der Waals surface area (Å²) in [6, 6.07) is 3.09. The van der Waals surface area contributed by atoms with Gasteiger partial charge in [-0.05, 0) is 6.07 Å². The Labute approximate surface area is 80.3 Å². The molecule has 0 saturated heterocycles. The third kappa shape index (κ3) is 1.98. The Balaban J connectivity index is 3.14. The zero-order chi connectivity index (χ0) is 10.7. The monoisotopic (exact) mass is 197 g/mol. The fourth-order valence-electron chi connectivity index (χ4n) is 1.08. The summed E-state index contributed by atoms with van der Waals surface area (Å²) in [4.78, 5) is 9.88. The molecule has 0 spiro atoms. The molecule has 0 aliphatic rings. The lowest BCUT2D eigenvalue weighted by molar-refractivity contribution is -0.385. The molecule has 5 N–H and O–H groups in total. The number of hydrogen-bond acceptors (Lipinski definition) is 5. The average Bonchev–Trinajstić information content (AvgIpc) is 2.17. The lowest BCUT2D eigenvalue weighted by atomic mass is 10.1. The van der Waals surface area contributed by atoms with Gasteiger partial charge in [0.2, 0.25) is 0 Å². The summed E-state index contributed by atoms with van der Waals surface area (Å²) in [5.74, 6) is -0.0754. The molecule has 0 fully saturated rings. The van der Waals surface area contributed by atoms with Crippen LogP contribution < -0.4 is 11.5 Å². The molecule has 0 bridgehead atoms. The molecule has 14 heavy (non-hydrogen) atoms. The van der Waals surface area contributed by atoms with Gasteiger partial charge in [0.05, 0.1) is 4.92 Å². The topological polar surface area (TPSA) is 115 Å². The molecule has 0 heterocycles. The van der Waals surface area contributed by atoms with E-state index in [1.165, 1.54) is 18.2 Å². The Bertz CT molecular complexity index is 354. The molecule has 0 aromatic heterocycles. The van der Waals surface area contributed by atoms with Crippen molar-refractivity contribution in [3.63, 3.8) is 0 Å². The molecule has 1 atom stereocenters. The number of nitrogens with two attached hydrogens (primary N) is 2. The second kappa shape index (κ2) is 4.03. The summed E-state index contributed by atoms with van der Waals surface area (Å²) in [7, 11) is 0. The number of rotatable bonds is 3.